The number of nitrogens with two attached hydrogens (primary N) is 1. The summed E-state index contributed by atoms with van der Waals surface area (Å²) in [5, 5.41) is 11.9. The average molecular weight is 767 g/mol. The van der Waals surface area contributed by atoms with E-state index in [0.29, 0.717) is 51.6 Å². The largest absolute Gasteiger partial charge is 0.465 e. The third kappa shape index (κ3) is 11.8. The number of carbonyl (C=O) groups is 2. The zero-order valence-electron chi connectivity index (χ0n) is 35.4. The highest BCUT2D eigenvalue weighted by atomic mass is 16.6. The number of nitro benzene ring substituents is 1. The number of nitro groups is 1. The van der Waals surface area contributed by atoms with E-state index in [4.69, 9.17) is 15.2 Å². The molecule has 4 aromatic rings. The van der Waals surface area contributed by atoms with Crippen molar-refractivity contribution in [3.63, 3.8) is 0 Å². The van der Waals surface area contributed by atoms with Gasteiger partial charge in [-0.05, 0) is 89.1 Å². The molecular weight excluding hydrogens is 705 g/mol. The fraction of sp³-hybridized carbons (Fsp3) is 0.435. The van der Waals surface area contributed by atoms with Gasteiger partial charge in [-0.2, -0.15) is 0 Å². The topological polar surface area (TPSA) is 128 Å². The zero-order valence-corrected chi connectivity index (χ0v) is 35.4. The van der Waals surface area contributed by atoms with Crippen LogP contribution in [-0.2, 0) is 9.47 Å². The van der Waals surface area contributed by atoms with Gasteiger partial charge >= 0.3 is 11.9 Å². The van der Waals surface area contributed by atoms with Crippen molar-refractivity contribution in [1.29, 1.82) is 0 Å². The molecule has 56 heavy (non-hydrogen) atoms. The molecule has 0 atom stereocenters. The van der Waals surface area contributed by atoms with Gasteiger partial charge in [0.2, 0.25) is 0 Å². The number of esters is 2. The molecule has 0 aliphatic heterocycles. The van der Waals surface area contributed by atoms with Crippen LogP contribution in [0.2, 0.25) is 0 Å². The van der Waals surface area contributed by atoms with Crippen LogP contribution < -0.4 is 15.5 Å². The summed E-state index contributed by atoms with van der Waals surface area (Å²) in [4.78, 5) is 40.6. The van der Waals surface area contributed by atoms with Crippen LogP contribution in [0.5, 0.6) is 0 Å². The third-order valence-electron chi connectivity index (χ3n) is 9.17. The van der Waals surface area contributed by atoms with Crippen molar-refractivity contribution in [1.82, 2.24) is 0 Å². The number of benzene rings is 4. The van der Waals surface area contributed by atoms with Crippen molar-refractivity contribution < 1.29 is 24.0 Å². The van der Waals surface area contributed by atoms with Gasteiger partial charge in [-0.1, -0.05) is 104 Å². The normalized spacial score (nSPS) is 11.1. The first kappa shape index (κ1) is 45.0. The smallest absolute Gasteiger partial charge is 0.338 e. The molecule has 0 spiro atoms. The number of methoxy groups -OCH3 is 2. The van der Waals surface area contributed by atoms with Crippen LogP contribution in [0.1, 0.15) is 87.2 Å². The van der Waals surface area contributed by atoms with Gasteiger partial charge in [-0.15, -0.1) is 0 Å². The number of nitrogen functional groups attached to an aromatic ring is 1. The number of ether oxygens (including phenoxy) is 2. The Kier molecular flexibility index (Phi) is 16.5. The lowest BCUT2D eigenvalue weighted by Crippen LogP contribution is -2.31. The molecule has 0 saturated heterocycles. The first-order valence-corrected chi connectivity index (χ1v) is 19.4. The van der Waals surface area contributed by atoms with Crippen LogP contribution >= 0.6 is 0 Å². The summed E-state index contributed by atoms with van der Waals surface area (Å²) in [6.07, 6.45) is 0. The number of hydrogen-bond donors (Lipinski definition) is 1. The minimum Gasteiger partial charge on any atom is -0.465 e. The van der Waals surface area contributed by atoms with Gasteiger partial charge in [0, 0.05) is 32.2 Å². The van der Waals surface area contributed by atoms with E-state index in [0.717, 1.165) is 59.8 Å². The molecule has 0 aromatic heterocycles. The van der Waals surface area contributed by atoms with Crippen LogP contribution in [0, 0.1) is 47.6 Å². The molecule has 0 heterocycles. The molecule has 2 N–H and O–H groups in total. The van der Waals surface area contributed by atoms with Crippen LogP contribution in [0.15, 0.2) is 72.8 Å². The Morgan fingerprint density at radius 3 is 1.36 bits per heavy atom. The number of nitrogens with zero attached hydrogens (tertiary/aromatic N) is 3. The van der Waals surface area contributed by atoms with E-state index in [1.807, 2.05) is 62.4 Å². The summed E-state index contributed by atoms with van der Waals surface area (Å²) in [5.41, 5.74) is 14.6. The second-order valence-corrected chi connectivity index (χ2v) is 16.1. The van der Waals surface area contributed by atoms with Gasteiger partial charge in [0.05, 0.1) is 41.6 Å². The number of anilines is 3. The average Bonchev–Trinajstić information content (AvgIpc) is 3.12. The highest BCUT2D eigenvalue weighted by Crippen LogP contribution is 2.37. The van der Waals surface area contributed by atoms with Crippen LogP contribution in [0.4, 0.5) is 22.7 Å². The Bertz CT molecular complexity index is 1950. The van der Waals surface area contributed by atoms with E-state index >= 15 is 0 Å². The first-order valence-electron chi connectivity index (χ1n) is 19.4. The highest BCUT2D eigenvalue weighted by molar-refractivity contribution is 6.00. The Morgan fingerprint density at radius 2 is 1.00 bits per heavy atom. The molecule has 0 fully saturated rings. The van der Waals surface area contributed by atoms with Gasteiger partial charge in [0.25, 0.3) is 5.69 Å². The Morgan fingerprint density at radius 1 is 0.625 bits per heavy atom. The molecular formula is C46H62N4O6. The van der Waals surface area contributed by atoms with Crippen LogP contribution in [-0.4, -0.2) is 57.3 Å². The molecule has 4 aromatic carbocycles. The lowest BCUT2D eigenvalue weighted by atomic mass is 9.95. The van der Waals surface area contributed by atoms with Crippen LogP contribution in [0.25, 0.3) is 22.3 Å². The van der Waals surface area contributed by atoms with E-state index in [2.05, 4.69) is 71.3 Å². The second kappa shape index (κ2) is 20.5. The first-order chi connectivity index (χ1) is 26.4. The summed E-state index contributed by atoms with van der Waals surface area (Å²) in [5.74, 6) is 1.06. The zero-order chi connectivity index (χ0) is 41.9. The minimum atomic E-state index is -0.453. The predicted octanol–water partition coefficient (Wildman–Crippen LogP) is 10.6. The molecule has 0 unspecified atom stereocenters. The van der Waals surface area contributed by atoms with E-state index < -0.39 is 5.97 Å². The molecule has 10 heteroatoms. The van der Waals surface area contributed by atoms with Crippen molar-refractivity contribution in [3.8, 4) is 22.3 Å². The number of rotatable bonds is 15. The molecule has 0 amide bonds. The van der Waals surface area contributed by atoms with Crippen molar-refractivity contribution >= 4 is 34.7 Å². The maximum Gasteiger partial charge on any atom is 0.338 e. The van der Waals surface area contributed by atoms with Crippen LogP contribution in [0.3, 0.4) is 0 Å². The molecule has 0 saturated carbocycles. The van der Waals surface area contributed by atoms with E-state index in [1.54, 1.807) is 18.2 Å². The summed E-state index contributed by atoms with van der Waals surface area (Å²) in [6.45, 7) is 24.4. The van der Waals surface area contributed by atoms with Gasteiger partial charge in [0.15, 0.2) is 0 Å². The molecule has 4 rings (SSSR count). The van der Waals surface area contributed by atoms with Gasteiger partial charge in [-0.25, -0.2) is 9.59 Å². The number of aryl methyl sites for hydroxylation is 2. The Balaban J connectivity index is 0.000000301. The SMILES string of the molecule is COC(=O)c1c(C)cccc1-c1ccc(N(CC(C)C)CC(C)C)c(N)c1.COC(=O)c1c(C)cccc1-c1ccc(N(CC(C)C)CC(C)C)c([N+](=O)[O-])c1. The van der Waals surface area contributed by atoms with Crippen molar-refractivity contribution in [2.45, 2.75) is 69.2 Å². The summed E-state index contributed by atoms with van der Waals surface area (Å²) < 4.78 is 9.91. The van der Waals surface area contributed by atoms with E-state index in [1.165, 1.54) is 14.2 Å². The fourth-order valence-electron chi connectivity index (χ4n) is 6.98. The van der Waals surface area contributed by atoms with E-state index in [9.17, 15) is 19.7 Å². The van der Waals surface area contributed by atoms with Crippen molar-refractivity contribution in [3.05, 3.63) is 105 Å². The molecule has 0 radical (unpaired) electrons. The standard InChI is InChI=1S/C23H30N2O4.C23H32N2O2/c1-15(2)13-24(14-16(3)4)20-11-10-18(12-21(20)25(27)28)19-9-7-8-17(5)22(19)23(26)29-6;1-15(2)13-25(14-16(3)4)21-11-10-18(12-20(21)24)19-9-7-8-17(5)22(19)23(26)27-6/h7-12,15-16H,13-14H2,1-6H3;7-12,15-16H,13-14,24H2,1-6H3. The Hall–Kier alpha value is -5.38. The number of hydrogen-bond acceptors (Lipinski definition) is 9. The third-order valence-corrected chi connectivity index (χ3v) is 9.17. The number of carbonyl (C=O) groups excluding carboxylic acids is 2. The lowest BCUT2D eigenvalue weighted by molar-refractivity contribution is -0.384. The fourth-order valence-corrected chi connectivity index (χ4v) is 6.98. The summed E-state index contributed by atoms with van der Waals surface area (Å²) in [7, 11) is 2.74. The predicted molar refractivity (Wildman–Crippen MR) is 231 cm³/mol. The molecule has 10 nitrogen and oxygen atoms in total. The summed E-state index contributed by atoms with van der Waals surface area (Å²) >= 11 is 0. The van der Waals surface area contributed by atoms with Gasteiger partial charge in [-0.3, -0.25) is 10.1 Å². The molecule has 0 bridgehead atoms. The van der Waals surface area contributed by atoms with Gasteiger partial charge < -0.3 is 25.0 Å². The second-order valence-electron chi connectivity index (χ2n) is 16.1. The maximum absolute atomic E-state index is 12.3. The molecule has 0 aliphatic rings. The highest BCUT2D eigenvalue weighted by Gasteiger charge is 2.24. The maximum atomic E-state index is 12.3. The van der Waals surface area contributed by atoms with Gasteiger partial charge in [0.1, 0.15) is 5.69 Å². The monoisotopic (exact) mass is 766 g/mol. The van der Waals surface area contributed by atoms with E-state index in [-0.39, 0.29) is 16.6 Å². The quantitative estimate of drug-likeness (QED) is 0.0544. The van der Waals surface area contributed by atoms with Crippen molar-refractivity contribution in [2.75, 3.05) is 55.9 Å². The molecule has 0 aliphatic carbocycles. The minimum absolute atomic E-state index is 0.0427. The Labute approximate surface area is 334 Å². The lowest BCUT2D eigenvalue weighted by Gasteiger charge is -2.30. The van der Waals surface area contributed by atoms with Crippen molar-refractivity contribution in [2.24, 2.45) is 23.7 Å². The molecule has 302 valence electrons. The summed E-state index contributed by atoms with van der Waals surface area (Å²) in [6, 6.07) is 22.5.